The first-order valence-electron chi connectivity index (χ1n) is 6.67. The second-order valence-corrected chi connectivity index (χ2v) is 5.48. The zero-order valence-electron chi connectivity index (χ0n) is 10.6. The van der Waals surface area contributed by atoms with Gasteiger partial charge in [-0.1, -0.05) is 6.92 Å². The Bertz CT molecular complexity index is 216. The summed E-state index contributed by atoms with van der Waals surface area (Å²) < 4.78 is 11.2. The molecule has 0 aromatic rings. The van der Waals surface area contributed by atoms with Gasteiger partial charge in [-0.15, -0.1) is 0 Å². The van der Waals surface area contributed by atoms with Crippen molar-refractivity contribution in [3.05, 3.63) is 0 Å². The van der Waals surface area contributed by atoms with E-state index in [0.29, 0.717) is 6.04 Å². The summed E-state index contributed by atoms with van der Waals surface area (Å²) in [4.78, 5) is 0. The number of nitrogens with one attached hydrogen (secondary N) is 1. The molecule has 2 rings (SSSR count). The smallest absolute Gasteiger partial charge is 0.0666 e. The average molecular weight is 227 g/mol. The molecule has 0 aliphatic carbocycles. The van der Waals surface area contributed by atoms with Gasteiger partial charge < -0.3 is 14.8 Å². The quantitative estimate of drug-likeness (QED) is 0.796. The largest absolute Gasteiger partial charge is 0.381 e. The average Bonchev–Trinajstić information content (AvgIpc) is 2.80. The molecule has 2 aliphatic heterocycles. The molecule has 3 atom stereocenters. The third-order valence-corrected chi connectivity index (χ3v) is 4.06. The maximum absolute atomic E-state index is 5.85. The lowest BCUT2D eigenvalue weighted by molar-refractivity contribution is -0.0782. The monoisotopic (exact) mass is 227 g/mol. The van der Waals surface area contributed by atoms with E-state index in [9.17, 15) is 0 Å². The van der Waals surface area contributed by atoms with Crippen molar-refractivity contribution in [2.75, 3.05) is 26.4 Å². The molecule has 3 heteroatoms. The van der Waals surface area contributed by atoms with Crippen molar-refractivity contribution in [1.29, 1.82) is 0 Å². The van der Waals surface area contributed by atoms with Gasteiger partial charge in [0.2, 0.25) is 0 Å². The topological polar surface area (TPSA) is 30.5 Å². The molecule has 2 saturated heterocycles. The molecule has 0 bridgehead atoms. The molecule has 1 N–H and O–H groups in total. The van der Waals surface area contributed by atoms with Gasteiger partial charge in [-0.05, 0) is 38.5 Å². The molecule has 0 radical (unpaired) electrons. The van der Waals surface area contributed by atoms with E-state index in [0.717, 1.165) is 51.5 Å². The minimum Gasteiger partial charge on any atom is -0.381 e. The fourth-order valence-corrected chi connectivity index (χ4v) is 2.63. The van der Waals surface area contributed by atoms with Crippen LogP contribution in [0.25, 0.3) is 0 Å². The maximum Gasteiger partial charge on any atom is 0.0666 e. The molecular weight excluding hydrogens is 202 g/mol. The number of hydrogen-bond acceptors (Lipinski definition) is 3. The van der Waals surface area contributed by atoms with E-state index in [1.54, 1.807) is 0 Å². The van der Waals surface area contributed by atoms with Gasteiger partial charge in [-0.3, -0.25) is 0 Å². The predicted octanol–water partition coefficient (Wildman–Crippen LogP) is 1.96. The zero-order valence-corrected chi connectivity index (χ0v) is 10.6. The molecule has 2 heterocycles. The molecule has 16 heavy (non-hydrogen) atoms. The SMILES string of the molecule is CCC1(C)CC(NCC2CCOC2)CCO1. The third kappa shape index (κ3) is 3.19. The summed E-state index contributed by atoms with van der Waals surface area (Å²) in [5.41, 5.74) is 0.0993. The van der Waals surface area contributed by atoms with Gasteiger partial charge in [-0.2, -0.15) is 0 Å². The molecule has 94 valence electrons. The van der Waals surface area contributed by atoms with Gasteiger partial charge in [0.25, 0.3) is 0 Å². The lowest BCUT2D eigenvalue weighted by Gasteiger charge is -2.38. The van der Waals surface area contributed by atoms with Crippen LogP contribution in [0.5, 0.6) is 0 Å². The van der Waals surface area contributed by atoms with Crippen molar-refractivity contribution < 1.29 is 9.47 Å². The molecule has 0 spiro atoms. The Balaban J connectivity index is 1.72. The van der Waals surface area contributed by atoms with Gasteiger partial charge in [0, 0.05) is 25.8 Å². The van der Waals surface area contributed by atoms with E-state index in [2.05, 4.69) is 19.2 Å². The van der Waals surface area contributed by atoms with E-state index in [-0.39, 0.29) is 5.60 Å². The van der Waals surface area contributed by atoms with Crippen LogP contribution < -0.4 is 5.32 Å². The highest BCUT2D eigenvalue weighted by Crippen LogP contribution is 2.27. The molecule has 0 amide bonds. The van der Waals surface area contributed by atoms with Crippen LogP contribution in [0.2, 0.25) is 0 Å². The third-order valence-electron chi connectivity index (χ3n) is 4.06. The Kier molecular flexibility index (Phi) is 4.22. The molecule has 0 aromatic heterocycles. The molecule has 2 aliphatic rings. The van der Waals surface area contributed by atoms with Crippen LogP contribution in [0.4, 0.5) is 0 Å². The molecule has 2 fully saturated rings. The van der Waals surface area contributed by atoms with Crippen LogP contribution in [-0.4, -0.2) is 38.0 Å². The summed E-state index contributed by atoms with van der Waals surface area (Å²) in [6, 6.07) is 0.638. The van der Waals surface area contributed by atoms with Crippen molar-refractivity contribution in [1.82, 2.24) is 5.32 Å². The Morgan fingerprint density at radius 2 is 2.19 bits per heavy atom. The van der Waals surface area contributed by atoms with Gasteiger partial charge in [0.15, 0.2) is 0 Å². The van der Waals surface area contributed by atoms with Crippen molar-refractivity contribution in [3.63, 3.8) is 0 Å². The van der Waals surface area contributed by atoms with E-state index >= 15 is 0 Å². The lowest BCUT2D eigenvalue weighted by Crippen LogP contribution is -2.46. The number of ether oxygens (including phenoxy) is 2. The summed E-state index contributed by atoms with van der Waals surface area (Å²) in [5, 5.41) is 3.69. The summed E-state index contributed by atoms with van der Waals surface area (Å²) in [5.74, 6) is 0.732. The Morgan fingerprint density at radius 1 is 1.31 bits per heavy atom. The summed E-state index contributed by atoms with van der Waals surface area (Å²) >= 11 is 0. The van der Waals surface area contributed by atoms with Crippen molar-refractivity contribution in [2.45, 2.75) is 51.2 Å². The van der Waals surface area contributed by atoms with Crippen molar-refractivity contribution in [2.24, 2.45) is 5.92 Å². The highest BCUT2D eigenvalue weighted by atomic mass is 16.5. The predicted molar refractivity (Wildman–Crippen MR) is 64.6 cm³/mol. The summed E-state index contributed by atoms with van der Waals surface area (Å²) in [6.07, 6.45) is 4.64. The van der Waals surface area contributed by atoms with Crippen molar-refractivity contribution >= 4 is 0 Å². The zero-order chi connectivity index (χ0) is 11.4. The standard InChI is InChI=1S/C13H25NO2/c1-3-13(2)8-12(5-7-16-13)14-9-11-4-6-15-10-11/h11-12,14H,3-10H2,1-2H3. The number of hydrogen-bond donors (Lipinski definition) is 1. The highest BCUT2D eigenvalue weighted by molar-refractivity contribution is 4.86. The maximum atomic E-state index is 5.85. The van der Waals surface area contributed by atoms with Crippen LogP contribution in [-0.2, 0) is 9.47 Å². The van der Waals surface area contributed by atoms with Crippen LogP contribution in [0.1, 0.15) is 39.5 Å². The normalized spacial score (nSPS) is 40.1. The van der Waals surface area contributed by atoms with Gasteiger partial charge >= 0.3 is 0 Å². The van der Waals surface area contributed by atoms with Crippen LogP contribution in [0.3, 0.4) is 0 Å². The fraction of sp³-hybridized carbons (Fsp3) is 1.00. The minimum atomic E-state index is 0.0993. The van der Waals surface area contributed by atoms with E-state index in [1.165, 1.54) is 6.42 Å². The van der Waals surface area contributed by atoms with Gasteiger partial charge in [0.1, 0.15) is 0 Å². The first-order valence-corrected chi connectivity index (χ1v) is 6.67. The molecule has 0 saturated carbocycles. The van der Waals surface area contributed by atoms with Gasteiger partial charge in [0.05, 0.1) is 12.2 Å². The van der Waals surface area contributed by atoms with Crippen molar-refractivity contribution in [3.8, 4) is 0 Å². The molecule has 3 nitrogen and oxygen atoms in total. The summed E-state index contributed by atoms with van der Waals surface area (Å²) in [7, 11) is 0. The van der Waals surface area contributed by atoms with Crippen LogP contribution >= 0.6 is 0 Å². The Labute approximate surface area is 98.9 Å². The molecule has 3 unspecified atom stereocenters. The van der Waals surface area contributed by atoms with Gasteiger partial charge in [-0.25, -0.2) is 0 Å². The first kappa shape index (κ1) is 12.3. The Morgan fingerprint density at radius 3 is 2.88 bits per heavy atom. The molecule has 0 aromatic carbocycles. The minimum absolute atomic E-state index is 0.0993. The van der Waals surface area contributed by atoms with E-state index in [1.807, 2.05) is 0 Å². The van der Waals surface area contributed by atoms with Crippen LogP contribution in [0, 0.1) is 5.92 Å². The summed E-state index contributed by atoms with van der Waals surface area (Å²) in [6.45, 7) is 8.37. The second-order valence-electron chi connectivity index (χ2n) is 5.48. The van der Waals surface area contributed by atoms with E-state index < -0.39 is 0 Å². The first-order chi connectivity index (χ1) is 7.72. The lowest BCUT2D eigenvalue weighted by atomic mass is 9.89. The fourth-order valence-electron chi connectivity index (χ4n) is 2.63. The van der Waals surface area contributed by atoms with Crippen LogP contribution in [0.15, 0.2) is 0 Å². The second kappa shape index (κ2) is 5.48. The highest BCUT2D eigenvalue weighted by Gasteiger charge is 2.31. The Hall–Kier alpha value is -0.120. The number of rotatable bonds is 4. The molecular formula is C13H25NO2. The van der Waals surface area contributed by atoms with E-state index in [4.69, 9.17) is 9.47 Å².